The number of carbonyl (C=O) groups is 2. The Bertz CT molecular complexity index is 1040. The third-order valence-electron chi connectivity index (χ3n) is 4.93. The fourth-order valence-corrected chi connectivity index (χ4v) is 3.53. The Kier molecular flexibility index (Phi) is 8.19. The summed E-state index contributed by atoms with van der Waals surface area (Å²) in [6.07, 6.45) is 4.31. The molecule has 4 rings (SSSR count). The number of carboxylic acid groups (broad SMARTS) is 2. The van der Waals surface area contributed by atoms with Gasteiger partial charge in [-0.05, 0) is 35.7 Å². The molecule has 1 saturated heterocycles. The van der Waals surface area contributed by atoms with Crippen molar-refractivity contribution in [2.24, 2.45) is 4.99 Å². The van der Waals surface area contributed by atoms with Gasteiger partial charge in [0.15, 0.2) is 0 Å². The van der Waals surface area contributed by atoms with Gasteiger partial charge in [0.25, 0.3) is 0 Å². The summed E-state index contributed by atoms with van der Waals surface area (Å²) in [6, 6.07) is 16.5. The van der Waals surface area contributed by atoms with Crippen LogP contribution in [0.4, 0.5) is 5.69 Å². The summed E-state index contributed by atoms with van der Waals surface area (Å²) in [6.45, 7) is 3.95. The highest BCUT2D eigenvalue weighted by molar-refractivity contribution is 6.31. The summed E-state index contributed by atoms with van der Waals surface area (Å²) >= 11 is 6.07. The van der Waals surface area contributed by atoms with Crippen molar-refractivity contribution in [3.8, 4) is 0 Å². The van der Waals surface area contributed by atoms with E-state index in [1.807, 2.05) is 12.1 Å². The Balaban J connectivity index is 0.000000312. The molecule has 2 aromatic carbocycles. The second kappa shape index (κ2) is 11.3. The number of allylic oxidation sites excluding steroid dienone is 1. The van der Waals surface area contributed by atoms with Crippen molar-refractivity contribution in [1.82, 2.24) is 10.2 Å². The fraction of sp³-hybridized carbons (Fsp3) is 0.208. The number of hydrogen-bond acceptors (Lipinski definition) is 5. The van der Waals surface area contributed by atoms with Crippen molar-refractivity contribution < 1.29 is 19.8 Å². The van der Waals surface area contributed by atoms with Gasteiger partial charge in [-0.3, -0.25) is 0 Å². The van der Waals surface area contributed by atoms with E-state index in [-0.39, 0.29) is 0 Å². The third kappa shape index (κ3) is 6.54. The van der Waals surface area contributed by atoms with Crippen molar-refractivity contribution in [2.75, 3.05) is 26.2 Å². The minimum atomic E-state index is -1.26. The first-order valence-corrected chi connectivity index (χ1v) is 10.5. The summed E-state index contributed by atoms with van der Waals surface area (Å²) in [5, 5.41) is 19.8. The van der Waals surface area contributed by atoms with Crippen molar-refractivity contribution in [1.29, 1.82) is 0 Å². The molecule has 2 aliphatic heterocycles. The first-order chi connectivity index (χ1) is 15.4. The summed E-state index contributed by atoms with van der Waals surface area (Å²) in [4.78, 5) is 26.6. The second-order valence-electron chi connectivity index (χ2n) is 7.14. The Labute approximate surface area is 191 Å². The van der Waals surface area contributed by atoms with Crippen LogP contribution in [0, 0.1) is 0 Å². The van der Waals surface area contributed by atoms with Crippen molar-refractivity contribution in [2.45, 2.75) is 6.42 Å². The minimum Gasteiger partial charge on any atom is -0.478 e. The number of aliphatic carboxylic acids is 2. The van der Waals surface area contributed by atoms with Crippen molar-refractivity contribution in [3.63, 3.8) is 0 Å². The van der Waals surface area contributed by atoms with E-state index in [0.717, 1.165) is 49.1 Å². The maximum atomic E-state index is 9.55. The number of carboxylic acids is 2. The number of rotatable bonds is 3. The van der Waals surface area contributed by atoms with Crippen LogP contribution in [0.25, 0.3) is 5.57 Å². The summed E-state index contributed by atoms with van der Waals surface area (Å²) < 4.78 is 0. The molecule has 0 atom stereocenters. The molecule has 0 aliphatic carbocycles. The molecule has 166 valence electrons. The minimum absolute atomic E-state index is 0.558. The van der Waals surface area contributed by atoms with Crippen molar-refractivity contribution in [3.05, 3.63) is 82.9 Å². The number of aliphatic imine (C=N–C) groups is 1. The van der Waals surface area contributed by atoms with Gasteiger partial charge in [0.2, 0.25) is 0 Å². The molecule has 2 aliphatic rings. The third-order valence-corrected chi connectivity index (χ3v) is 5.18. The highest BCUT2D eigenvalue weighted by Gasteiger charge is 2.22. The molecule has 0 unspecified atom stereocenters. The van der Waals surface area contributed by atoms with Gasteiger partial charge >= 0.3 is 11.9 Å². The first kappa shape index (κ1) is 23.2. The molecule has 0 spiro atoms. The number of benzene rings is 2. The molecule has 0 amide bonds. The lowest BCUT2D eigenvalue weighted by atomic mass is 10.0. The molecule has 1 fully saturated rings. The molecule has 3 N–H and O–H groups in total. The second-order valence-corrected chi connectivity index (χ2v) is 7.58. The van der Waals surface area contributed by atoms with Crippen LogP contribution in [0.2, 0.25) is 5.02 Å². The lowest BCUT2D eigenvalue weighted by Gasteiger charge is -2.31. The zero-order valence-electron chi connectivity index (χ0n) is 17.4. The monoisotopic (exact) mass is 453 g/mol. The first-order valence-electron chi connectivity index (χ1n) is 10.2. The number of halogens is 1. The molecule has 0 radical (unpaired) electrons. The van der Waals surface area contributed by atoms with Gasteiger partial charge in [-0.1, -0.05) is 48.0 Å². The van der Waals surface area contributed by atoms with Gasteiger partial charge in [-0.25, -0.2) is 14.6 Å². The topological polar surface area (TPSA) is 102 Å². The molecule has 8 heteroatoms. The van der Waals surface area contributed by atoms with Gasteiger partial charge in [-0.15, -0.1) is 0 Å². The Morgan fingerprint density at radius 3 is 2.22 bits per heavy atom. The SMILES string of the molecule is Clc1ccc(C2=CCc3ccccc3N=C2N2CCNCC2)cc1.O=C(O)/C=C/C(=O)O. The number of nitrogens with zero attached hydrogens (tertiary/aromatic N) is 2. The number of piperazine rings is 1. The Hall–Kier alpha value is -3.42. The molecule has 2 heterocycles. The maximum absolute atomic E-state index is 9.55. The Morgan fingerprint density at radius 2 is 1.59 bits per heavy atom. The van der Waals surface area contributed by atoms with Gasteiger partial charge in [0, 0.05) is 48.9 Å². The van der Waals surface area contributed by atoms with Crippen LogP contribution in [-0.4, -0.2) is 59.1 Å². The zero-order valence-corrected chi connectivity index (χ0v) is 18.1. The highest BCUT2D eigenvalue weighted by Crippen LogP contribution is 2.30. The molecular formula is C24H24ClN3O4. The normalized spacial score (nSPS) is 15.6. The van der Waals surface area contributed by atoms with Crippen molar-refractivity contribution >= 4 is 40.6 Å². The van der Waals surface area contributed by atoms with Gasteiger partial charge in [0.05, 0.1) is 5.69 Å². The molecule has 0 aromatic heterocycles. The van der Waals surface area contributed by atoms with Crippen LogP contribution in [-0.2, 0) is 16.0 Å². The number of amidine groups is 1. The summed E-state index contributed by atoms with van der Waals surface area (Å²) in [5.74, 6) is -1.44. The van der Waals surface area contributed by atoms with E-state index in [1.54, 1.807) is 0 Å². The molecule has 7 nitrogen and oxygen atoms in total. The van der Waals surface area contributed by atoms with E-state index >= 15 is 0 Å². The standard InChI is InChI=1S/C20H20ClN3.C4H4O4/c21-17-8-5-15(6-9-17)18-10-7-16-3-1-2-4-19(16)23-20(18)24-13-11-22-12-14-24;5-3(6)1-2-4(7)8/h1-6,8-10,22H,7,11-14H2;1-2H,(H,5,6)(H,7,8)/b;2-1+. The average Bonchev–Trinajstić information content (AvgIpc) is 2.99. The number of nitrogens with one attached hydrogen (secondary N) is 1. The van der Waals surface area contributed by atoms with E-state index in [9.17, 15) is 9.59 Å². The number of hydrogen-bond donors (Lipinski definition) is 3. The quantitative estimate of drug-likeness (QED) is 0.613. The zero-order chi connectivity index (χ0) is 22.9. The lowest BCUT2D eigenvalue weighted by molar-refractivity contribution is -0.134. The highest BCUT2D eigenvalue weighted by atomic mass is 35.5. The van der Waals surface area contributed by atoms with Gasteiger partial charge in [-0.2, -0.15) is 0 Å². The van der Waals surface area contributed by atoms with Crippen LogP contribution in [0.15, 0.2) is 71.8 Å². The molecule has 0 saturated carbocycles. The summed E-state index contributed by atoms with van der Waals surface area (Å²) in [7, 11) is 0. The smallest absolute Gasteiger partial charge is 0.328 e. The maximum Gasteiger partial charge on any atom is 0.328 e. The molecule has 32 heavy (non-hydrogen) atoms. The van der Waals surface area contributed by atoms with Crippen LogP contribution in [0.1, 0.15) is 11.1 Å². The van der Waals surface area contributed by atoms with Gasteiger partial charge in [0.1, 0.15) is 5.84 Å². The molecule has 0 bridgehead atoms. The van der Waals surface area contributed by atoms with Gasteiger partial charge < -0.3 is 20.4 Å². The van der Waals surface area contributed by atoms with Crippen LogP contribution < -0.4 is 5.32 Å². The predicted octanol–water partition coefficient (Wildman–Crippen LogP) is 3.63. The molecular weight excluding hydrogens is 430 g/mol. The van der Waals surface area contributed by atoms with Crippen LogP contribution >= 0.6 is 11.6 Å². The predicted molar refractivity (Wildman–Crippen MR) is 126 cm³/mol. The number of fused-ring (bicyclic) bond motifs is 1. The van der Waals surface area contributed by atoms with Crippen LogP contribution in [0.5, 0.6) is 0 Å². The fourth-order valence-electron chi connectivity index (χ4n) is 3.41. The van der Waals surface area contributed by atoms with E-state index in [0.29, 0.717) is 12.2 Å². The lowest BCUT2D eigenvalue weighted by Crippen LogP contribution is -2.46. The Morgan fingerprint density at radius 1 is 0.969 bits per heavy atom. The van der Waals surface area contributed by atoms with E-state index in [2.05, 4.69) is 52.7 Å². The van der Waals surface area contributed by atoms with E-state index in [4.69, 9.17) is 26.8 Å². The van der Waals surface area contributed by atoms with Crippen LogP contribution in [0.3, 0.4) is 0 Å². The average molecular weight is 454 g/mol. The largest absolute Gasteiger partial charge is 0.478 e. The van der Waals surface area contributed by atoms with E-state index < -0.39 is 11.9 Å². The van der Waals surface area contributed by atoms with E-state index in [1.165, 1.54) is 16.7 Å². The number of para-hydroxylation sites is 1. The molecule has 2 aromatic rings. The summed E-state index contributed by atoms with van der Waals surface area (Å²) in [5.41, 5.74) is 4.72.